The number of carbonyl (C=O) groups excluding carboxylic acids is 1. The third-order valence-corrected chi connectivity index (χ3v) is 6.30. The minimum Gasteiger partial charge on any atom is -0.379 e. The molecule has 0 aliphatic carbocycles. The van der Waals surface area contributed by atoms with Gasteiger partial charge in [-0.2, -0.15) is 11.8 Å². The average molecular weight is 365 g/mol. The second kappa shape index (κ2) is 9.03. The molecular formula is C19H28N2O3S. The van der Waals surface area contributed by atoms with Gasteiger partial charge in [0, 0.05) is 30.9 Å². The fraction of sp³-hybridized carbons (Fsp3) is 0.632. The summed E-state index contributed by atoms with van der Waals surface area (Å²) in [5.41, 5.74) is 1.16. The molecule has 2 aliphatic heterocycles. The van der Waals surface area contributed by atoms with Crippen LogP contribution in [0.25, 0.3) is 0 Å². The Bertz CT molecular complexity index is 543. The molecule has 0 aromatic heterocycles. The van der Waals surface area contributed by atoms with Crippen molar-refractivity contribution in [2.75, 3.05) is 44.4 Å². The van der Waals surface area contributed by atoms with Crippen molar-refractivity contribution in [1.82, 2.24) is 10.2 Å². The van der Waals surface area contributed by atoms with Gasteiger partial charge in [-0.1, -0.05) is 30.3 Å². The van der Waals surface area contributed by atoms with E-state index in [1.54, 1.807) is 0 Å². The minimum atomic E-state index is -0.448. The van der Waals surface area contributed by atoms with E-state index < -0.39 is 6.10 Å². The van der Waals surface area contributed by atoms with Gasteiger partial charge in [0.15, 0.2) is 0 Å². The van der Waals surface area contributed by atoms with E-state index in [0.717, 1.165) is 49.8 Å². The molecule has 2 unspecified atom stereocenters. The lowest BCUT2D eigenvalue weighted by molar-refractivity contribution is -0.133. The zero-order chi connectivity index (χ0) is 17.5. The molecular weight excluding hydrogens is 336 g/mol. The number of morpholine rings is 1. The second-order valence-corrected chi connectivity index (χ2v) is 7.89. The van der Waals surface area contributed by atoms with E-state index in [9.17, 15) is 4.79 Å². The van der Waals surface area contributed by atoms with Crippen LogP contribution in [-0.4, -0.2) is 66.8 Å². The summed E-state index contributed by atoms with van der Waals surface area (Å²) in [7, 11) is 0. The molecule has 2 atom stereocenters. The number of rotatable bonds is 7. The first-order valence-electron chi connectivity index (χ1n) is 9.03. The van der Waals surface area contributed by atoms with E-state index in [1.807, 2.05) is 49.0 Å². The fourth-order valence-corrected chi connectivity index (χ4v) is 4.88. The number of nitrogens with zero attached hydrogens (tertiary/aromatic N) is 1. The van der Waals surface area contributed by atoms with Gasteiger partial charge < -0.3 is 14.8 Å². The fourth-order valence-electron chi connectivity index (χ4n) is 3.40. The standard InChI is InChI=1S/C19H28N2O3S/c1-16(24-13-17-5-3-2-4-6-17)18(22)20-14-19(7-12-25-15-19)21-8-10-23-11-9-21/h2-6,16H,7-15H2,1H3,(H,20,22). The van der Waals surface area contributed by atoms with E-state index in [2.05, 4.69) is 10.2 Å². The van der Waals surface area contributed by atoms with Crippen LogP contribution in [0.3, 0.4) is 0 Å². The molecule has 0 saturated carbocycles. The molecule has 138 valence electrons. The van der Waals surface area contributed by atoms with E-state index in [4.69, 9.17) is 9.47 Å². The largest absolute Gasteiger partial charge is 0.379 e. The van der Waals surface area contributed by atoms with Crippen LogP contribution in [0, 0.1) is 0 Å². The molecule has 25 heavy (non-hydrogen) atoms. The maximum Gasteiger partial charge on any atom is 0.248 e. The first kappa shape index (κ1) is 18.7. The summed E-state index contributed by atoms with van der Waals surface area (Å²) in [6.45, 7) is 6.46. The van der Waals surface area contributed by atoms with Gasteiger partial charge in [-0.05, 0) is 24.7 Å². The summed E-state index contributed by atoms with van der Waals surface area (Å²) < 4.78 is 11.2. The zero-order valence-corrected chi connectivity index (χ0v) is 15.7. The van der Waals surface area contributed by atoms with Crippen molar-refractivity contribution in [3.8, 4) is 0 Å². The van der Waals surface area contributed by atoms with Gasteiger partial charge in [0.2, 0.25) is 5.91 Å². The van der Waals surface area contributed by atoms with Crippen LogP contribution in [0.15, 0.2) is 30.3 Å². The first-order valence-corrected chi connectivity index (χ1v) is 10.2. The Balaban J connectivity index is 1.49. The number of nitrogens with one attached hydrogen (secondary N) is 1. The van der Waals surface area contributed by atoms with Gasteiger partial charge in [-0.15, -0.1) is 0 Å². The van der Waals surface area contributed by atoms with Gasteiger partial charge in [-0.25, -0.2) is 0 Å². The molecule has 1 amide bonds. The summed E-state index contributed by atoms with van der Waals surface area (Å²) in [5.74, 6) is 2.21. The third kappa shape index (κ3) is 4.97. The van der Waals surface area contributed by atoms with Crippen molar-refractivity contribution in [2.45, 2.75) is 31.6 Å². The van der Waals surface area contributed by atoms with E-state index in [1.165, 1.54) is 0 Å². The van der Waals surface area contributed by atoms with Crippen LogP contribution in [0.1, 0.15) is 18.9 Å². The molecule has 0 spiro atoms. The molecule has 1 aromatic carbocycles. The van der Waals surface area contributed by atoms with Gasteiger partial charge in [-0.3, -0.25) is 9.69 Å². The number of amides is 1. The molecule has 0 bridgehead atoms. The monoisotopic (exact) mass is 364 g/mol. The Morgan fingerprint density at radius 1 is 1.36 bits per heavy atom. The summed E-state index contributed by atoms with van der Waals surface area (Å²) in [5, 5.41) is 3.14. The number of benzene rings is 1. The average Bonchev–Trinajstić information content (AvgIpc) is 3.16. The maximum atomic E-state index is 12.5. The Hall–Kier alpha value is -1.08. The lowest BCUT2D eigenvalue weighted by Crippen LogP contribution is -2.59. The van der Waals surface area contributed by atoms with E-state index >= 15 is 0 Å². The van der Waals surface area contributed by atoms with Gasteiger partial charge in [0.05, 0.1) is 19.8 Å². The number of thioether (sulfide) groups is 1. The van der Waals surface area contributed by atoms with Crippen molar-refractivity contribution in [3.63, 3.8) is 0 Å². The molecule has 0 radical (unpaired) electrons. The Morgan fingerprint density at radius 3 is 2.80 bits per heavy atom. The first-order chi connectivity index (χ1) is 12.2. The summed E-state index contributed by atoms with van der Waals surface area (Å²) in [4.78, 5) is 15.0. The van der Waals surface area contributed by atoms with Crippen LogP contribution >= 0.6 is 11.8 Å². The van der Waals surface area contributed by atoms with Crippen LogP contribution in [0.5, 0.6) is 0 Å². The smallest absolute Gasteiger partial charge is 0.248 e. The third-order valence-electron chi connectivity index (χ3n) is 5.07. The van der Waals surface area contributed by atoms with Crippen LogP contribution < -0.4 is 5.32 Å². The molecule has 2 heterocycles. The van der Waals surface area contributed by atoms with Crippen LogP contribution in [0.4, 0.5) is 0 Å². The van der Waals surface area contributed by atoms with Crippen molar-refractivity contribution in [3.05, 3.63) is 35.9 Å². The lowest BCUT2D eigenvalue weighted by Gasteiger charge is -2.43. The number of hydrogen-bond donors (Lipinski definition) is 1. The SMILES string of the molecule is CC(OCc1ccccc1)C(=O)NCC1(N2CCOCC2)CCSC1. The Morgan fingerprint density at radius 2 is 2.12 bits per heavy atom. The van der Waals surface area contributed by atoms with E-state index in [0.29, 0.717) is 13.2 Å². The summed E-state index contributed by atoms with van der Waals surface area (Å²) in [6, 6.07) is 9.95. The highest BCUT2D eigenvalue weighted by Gasteiger charge is 2.41. The quantitative estimate of drug-likeness (QED) is 0.801. The molecule has 2 fully saturated rings. The molecule has 2 saturated heterocycles. The predicted octanol–water partition coefficient (Wildman–Crippen LogP) is 1.92. The molecule has 6 heteroatoms. The highest BCUT2D eigenvalue weighted by molar-refractivity contribution is 7.99. The van der Waals surface area contributed by atoms with Gasteiger partial charge in [0.1, 0.15) is 6.10 Å². The Kier molecular flexibility index (Phi) is 6.76. The normalized spacial score (nSPS) is 25.6. The van der Waals surface area contributed by atoms with Crippen LogP contribution in [0.2, 0.25) is 0 Å². The number of hydrogen-bond acceptors (Lipinski definition) is 5. The van der Waals surface area contributed by atoms with Crippen molar-refractivity contribution >= 4 is 17.7 Å². The van der Waals surface area contributed by atoms with E-state index in [-0.39, 0.29) is 11.4 Å². The maximum absolute atomic E-state index is 12.5. The van der Waals surface area contributed by atoms with Gasteiger partial charge in [0.25, 0.3) is 0 Å². The molecule has 2 aliphatic rings. The zero-order valence-electron chi connectivity index (χ0n) is 14.9. The topological polar surface area (TPSA) is 50.8 Å². The molecule has 1 N–H and O–H groups in total. The Labute approximate surface area is 154 Å². The van der Waals surface area contributed by atoms with Crippen LogP contribution in [-0.2, 0) is 20.9 Å². The summed E-state index contributed by atoms with van der Waals surface area (Å²) >= 11 is 1.98. The molecule has 1 aromatic rings. The number of carbonyl (C=O) groups is 1. The van der Waals surface area contributed by atoms with Crippen molar-refractivity contribution in [1.29, 1.82) is 0 Å². The molecule has 3 rings (SSSR count). The van der Waals surface area contributed by atoms with Gasteiger partial charge >= 0.3 is 0 Å². The minimum absolute atomic E-state index is 0.0273. The van der Waals surface area contributed by atoms with Crippen molar-refractivity contribution < 1.29 is 14.3 Å². The predicted molar refractivity (Wildman–Crippen MR) is 101 cm³/mol. The summed E-state index contributed by atoms with van der Waals surface area (Å²) in [6.07, 6.45) is 0.674. The highest BCUT2D eigenvalue weighted by atomic mass is 32.2. The lowest BCUT2D eigenvalue weighted by atomic mass is 9.95. The van der Waals surface area contributed by atoms with Crippen molar-refractivity contribution in [2.24, 2.45) is 0 Å². The number of ether oxygens (including phenoxy) is 2. The molecule has 5 nitrogen and oxygen atoms in total. The highest BCUT2D eigenvalue weighted by Crippen LogP contribution is 2.33. The second-order valence-electron chi connectivity index (χ2n) is 6.78.